The molecule has 0 unspecified atom stereocenters. The Balaban J connectivity index is 1.82. The zero-order chi connectivity index (χ0) is 36.4. The lowest BCUT2D eigenvalue weighted by atomic mass is 9.99. The van der Waals surface area contributed by atoms with E-state index in [1.807, 2.05) is 30.3 Å². The average Bonchev–Trinajstić information content (AvgIpc) is 3.48. The smallest absolute Gasteiger partial charge is 0.246 e. The maximum Gasteiger partial charge on any atom is 0.246 e. The number of nitrogens with one attached hydrogen (secondary N) is 3. The Labute approximate surface area is 288 Å². The molecule has 0 aliphatic carbocycles. The highest BCUT2D eigenvalue weighted by atomic mass is 16.3. The van der Waals surface area contributed by atoms with Gasteiger partial charge in [0.05, 0.1) is 6.61 Å². The third-order valence-corrected chi connectivity index (χ3v) is 9.24. The molecule has 0 aromatic heterocycles. The maximum atomic E-state index is 14.4. The van der Waals surface area contributed by atoms with Gasteiger partial charge in [-0.3, -0.25) is 28.8 Å². The minimum absolute atomic E-state index is 0.0118. The van der Waals surface area contributed by atoms with Crippen LogP contribution in [-0.2, 0) is 35.2 Å². The average molecular weight is 684 g/mol. The summed E-state index contributed by atoms with van der Waals surface area (Å²) in [5, 5.41) is 17.5. The van der Waals surface area contributed by atoms with E-state index in [2.05, 4.69) is 16.0 Å². The van der Waals surface area contributed by atoms with E-state index in [1.165, 1.54) is 4.90 Å². The predicted molar refractivity (Wildman–Crippen MR) is 183 cm³/mol. The molecule has 14 nitrogen and oxygen atoms in total. The number of rotatable bonds is 15. The number of carbonyl (C=O) groups excluding carboxylic acids is 6. The Morgan fingerprint density at radius 3 is 2.16 bits per heavy atom. The lowest BCUT2D eigenvalue weighted by Gasteiger charge is -2.35. The van der Waals surface area contributed by atoms with E-state index in [-0.39, 0.29) is 43.0 Å². The van der Waals surface area contributed by atoms with Gasteiger partial charge in [0.2, 0.25) is 35.4 Å². The summed E-state index contributed by atoms with van der Waals surface area (Å²) in [6.45, 7) is 8.84. The van der Waals surface area contributed by atoms with Crippen LogP contribution in [0.2, 0.25) is 0 Å². The molecule has 2 aliphatic heterocycles. The molecule has 2 heterocycles. The second-order valence-corrected chi connectivity index (χ2v) is 13.6. The summed E-state index contributed by atoms with van der Waals surface area (Å²) >= 11 is 0. The van der Waals surface area contributed by atoms with Gasteiger partial charge in [-0.05, 0) is 49.2 Å². The number of carbonyl (C=O) groups is 6. The van der Waals surface area contributed by atoms with E-state index < -0.39 is 66.5 Å². The summed E-state index contributed by atoms with van der Waals surface area (Å²) in [4.78, 5) is 82.3. The molecule has 49 heavy (non-hydrogen) atoms. The van der Waals surface area contributed by atoms with Crippen molar-refractivity contribution in [3.63, 3.8) is 0 Å². The van der Waals surface area contributed by atoms with Crippen LogP contribution in [0.3, 0.4) is 0 Å². The van der Waals surface area contributed by atoms with Gasteiger partial charge in [0.25, 0.3) is 0 Å². The molecule has 0 spiro atoms. The monoisotopic (exact) mass is 683 g/mol. The number of benzene rings is 1. The standard InChI is InChI=1S/C35H53N7O7/c1-20(2)29(31(37)45)39-34(48)30(21(3)4)40-33(47)26-12-9-16-42(26)35(49)27(18-23-10-7-6-8-11-23)41-17-15-24(13-14-28(41)44)22(5)38-32(46)25(36)19-43/h6-8,10-11,13,20-22,25-27,29-30,43H,9,12,14-19,36H2,1-5H3,(H2,37,45)(H,38,46)(H,39,48)(H,40,47)/t22-,25-,26-,27-,29-,30-/m0/s1. The van der Waals surface area contributed by atoms with Crippen LogP contribution in [0, 0.1) is 11.8 Å². The third kappa shape index (κ3) is 10.3. The van der Waals surface area contributed by atoms with Gasteiger partial charge in [-0.25, -0.2) is 0 Å². The minimum Gasteiger partial charge on any atom is -0.394 e. The largest absolute Gasteiger partial charge is 0.394 e. The highest BCUT2D eigenvalue weighted by Gasteiger charge is 2.42. The van der Waals surface area contributed by atoms with Crippen molar-refractivity contribution in [2.24, 2.45) is 23.3 Å². The second-order valence-electron chi connectivity index (χ2n) is 13.6. The summed E-state index contributed by atoms with van der Waals surface area (Å²) in [5.74, 6) is -3.43. The summed E-state index contributed by atoms with van der Waals surface area (Å²) in [7, 11) is 0. The van der Waals surface area contributed by atoms with Crippen molar-refractivity contribution in [1.29, 1.82) is 0 Å². The number of aliphatic hydroxyl groups is 1. The Kier molecular flexibility index (Phi) is 14.3. The molecule has 0 radical (unpaired) electrons. The molecular formula is C35H53N7O7. The Bertz CT molecular complexity index is 1380. The SMILES string of the molecule is CC(C)[C@H](NC(=O)[C@@H](NC(=O)[C@@H]1CCCN1C(=O)[C@H](Cc1ccccc1)N1CCC([C@H](C)NC(=O)[C@@H](N)CO)=CCC1=O)C(C)C)C(N)=O. The van der Waals surface area contributed by atoms with E-state index in [4.69, 9.17) is 11.5 Å². The molecule has 6 atom stereocenters. The number of amides is 6. The number of hydrogen-bond acceptors (Lipinski definition) is 8. The zero-order valence-electron chi connectivity index (χ0n) is 29.2. The van der Waals surface area contributed by atoms with Crippen molar-refractivity contribution in [3.05, 3.63) is 47.5 Å². The van der Waals surface area contributed by atoms with Gasteiger partial charge >= 0.3 is 0 Å². The molecule has 1 fully saturated rings. The molecule has 0 saturated carbocycles. The van der Waals surface area contributed by atoms with E-state index in [0.717, 1.165) is 11.1 Å². The lowest BCUT2D eigenvalue weighted by Crippen LogP contribution is -2.59. The van der Waals surface area contributed by atoms with Crippen LogP contribution in [0.4, 0.5) is 0 Å². The highest BCUT2D eigenvalue weighted by Crippen LogP contribution is 2.25. The molecule has 1 aromatic rings. The Hall–Kier alpha value is -4.30. The molecule has 1 saturated heterocycles. The molecule has 270 valence electrons. The maximum absolute atomic E-state index is 14.4. The van der Waals surface area contributed by atoms with Crippen LogP contribution in [0.1, 0.15) is 65.9 Å². The van der Waals surface area contributed by atoms with Crippen molar-refractivity contribution >= 4 is 35.4 Å². The summed E-state index contributed by atoms with van der Waals surface area (Å²) < 4.78 is 0. The highest BCUT2D eigenvalue weighted by molar-refractivity contribution is 5.96. The van der Waals surface area contributed by atoms with Crippen molar-refractivity contribution in [2.45, 2.75) is 103 Å². The summed E-state index contributed by atoms with van der Waals surface area (Å²) in [6, 6.07) is 4.16. The Morgan fingerprint density at radius 2 is 1.57 bits per heavy atom. The Morgan fingerprint density at radius 1 is 0.918 bits per heavy atom. The molecule has 0 bridgehead atoms. The van der Waals surface area contributed by atoms with Crippen LogP contribution in [-0.4, -0.2) is 106 Å². The molecular weight excluding hydrogens is 630 g/mol. The normalized spacial score (nSPS) is 19.7. The number of primary amides is 1. The first-order chi connectivity index (χ1) is 23.2. The van der Waals surface area contributed by atoms with Gasteiger partial charge in [0.1, 0.15) is 30.2 Å². The van der Waals surface area contributed by atoms with Gasteiger partial charge in [-0.15, -0.1) is 0 Å². The van der Waals surface area contributed by atoms with E-state index in [0.29, 0.717) is 25.8 Å². The van der Waals surface area contributed by atoms with Crippen molar-refractivity contribution in [3.8, 4) is 0 Å². The van der Waals surface area contributed by atoms with Crippen LogP contribution < -0.4 is 27.4 Å². The molecule has 1 aromatic carbocycles. The van der Waals surface area contributed by atoms with Crippen molar-refractivity contribution in [2.75, 3.05) is 19.7 Å². The fourth-order valence-electron chi connectivity index (χ4n) is 6.29. The summed E-state index contributed by atoms with van der Waals surface area (Å²) in [5.41, 5.74) is 12.8. The quantitative estimate of drug-likeness (QED) is 0.135. The van der Waals surface area contributed by atoms with Crippen LogP contribution in [0.5, 0.6) is 0 Å². The fraction of sp³-hybridized carbons (Fsp3) is 0.600. The van der Waals surface area contributed by atoms with Gasteiger partial charge in [0, 0.05) is 32.0 Å². The number of nitrogens with two attached hydrogens (primary N) is 2. The molecule has 3 rings (SSSR count). The fourth-order valence-corrected chi connectivity index (χ4v) is 6.29. The van der Waals surface area contributed by atoms with E-state index in [9.17, 15) is 33.9 Å². The first kappa shape index (κ1) is 39.1. The molecule has 8 N–H and O–H groups in total. The van der Waals surface area contributed by atoms with Gasteiger partial charge < -0.3 is 42.3 Å². The van der Waals surface area contributed by atoms with Crippen LogP contribution in [0.15, 0.2) is 42.0 Å². The molecule has 2 aliphatic rings. The van der Waals surface area contributed by atoms with Crippen molar-refractivity contribution < 1.29 is 33.9 Å². The number of hydrogen-bond donors (Lipinski definition) is 6. The van der Waals surface area contributed by atoms with Crippen molar-refractivity contribution in [1.82, 2.24) is 25.8 Å². The van der Waals surface area contributed by atoms with Crippen LogP contribution >= 0.6 is 0 Å². The summed E-state index contributed by atoms with van der Waals surface area (Å²) in [6.07, 6.45) is 3.32. The molecule has 6 amide bonds. The predicted octanol–water partition coefficient (Wildman–Crippen LogP) is -0.271. The first-order valence-electron chi connectivity index (χ1n) is 17.1. The number of aliphatic hydroxyl groups excluding tert-OH is 1. The van der Waals surface area contributed by atoms with Gasteiger partial charge in [-0.2, -0.15) is 0 Å². The first-order valence-corrected chi connectivity index (χ1v) is 17.1. The second kappa shape index (κ2) is 17.9. The van der Waals surface area contributed by atoms with Gasteiger partial charge in [0.15, 0.2) is 0 Å². The zero-order valence-corrected chi connectivity index (χ0v) is 29.2. The minimum atomic E-state index is -1.07. The topological polar surface area (TPSA) is 217 Å². The van der Waals surface area contributed by atoms with Crippen LogP contribution in [0.25, 0.3) is 0 Å². The lowest BCUT2D eigenvalue weighted by molar-refractivity contribution is -0.148. The van der Waals surface area contributed by atoms with E-state index >= 15 is 0 Å². The number of nitrogens with zero attached hydrogens (tertiary/aromatic N) is 2. The third-order valence-electron chi connectivity index (χ3n) is 9.24. The van der Waals surface area contributed by atoms with Gasteiger partial charge in [-0.1, -0.05) is 64.1 Å². The number of likely N-dealkylation sites (tertiary alicyclic amines) is 1. The van der Waals surface area contributed by atoms with E-state index in [1.54, 1.807) is 45.6 Å². The molecule has 14 heteroatoms.